The highest BCUT2D eigenvalue weighted by Crippen LogP contribution is 2.29. The summed E-state index contributed by atoms with van der Waals surface area (Å²) in [4.78, 5) is 4.25. The van der Waals surface area contributed by atoms with Gasteiger partial charge in [-0.25, -0.2) is 0 Å². The van der Waals surface area contributed by atoms with Gasteiger partial charge in [-0.2, -0.15) is 0 Å². The minimum Gasteiger partial charge on any atom is -0.493 e. The van der Waals surface area contributed by atoms with Crippen LogP contribution in [0.2, 0.25) is 0 Å². The van der Waals surface area contributed by atoms with Gasteiger partial charge in [0.1, 0.15) is 0 Å². The van der Waals surface area contributed by atoms with Gasteiger partial charge in [-0.15, -0.1) is 0 Å². The van der Waals surface area contributed by atoms with Crippen molar-refractivity contribution in [3.05, 3.63) is 18.2 Å². The van der Waals surface area contributed by atoms with Gasteiger partial charge in [-0.3, -0.25) is 4.99 Å². The van der Waals surface area contributed by atoms with E-state index in [9.17, 15) is 0 Å². The average molecular weight is 221 g/mol. The van der Waals surface area contributed by atoms with Crippen LogP contribution in [0.1, 0.15) is 0 Å². The second kappa shape index (κ2) is 4.74. The zero-order valence-electron chi connectivity index (χ0n) is 9.41. The number of nitrogens with zero attached hydrogens (tertiary/aromatic N) is 1. The van der Waals surface area contributed by atoms with E-state index in [1.807, 2.05) is 18.2 Å². The molecule has 0 aliphatic carbocycles. The Kier molecular flexibility index (Phi) is 3.14. The highest BCUT2D eigenvalue weighted by molar-refractivity contribution is 5.94. The van der Waals surface area contributed by atoms with Gasteiger partial charge in [0.2, 0.25) is 0 Å². The van der Waals surface area contributed by atoms with E-state index in [1.165, 1.54) is 0 Å². The number of aliphatic imine (C=N–C) groups is 1. The van der Waals surface area contributed by atoms with E-state index in [4.69, 9.17) is 9.47 Å². The highest BCUT2D eigenvalue weighted by Gasteiger charge is 2.08. The fourth-order valence-corrected chi connectivity index (χ4v) is 1.53. The van der Waals surface area contributed by atoms with E-state index >= 15 is 0 Å². The van der Waals surface area contributed by atoms with E-state index in [0.29, 0.717) is 5.75 Å². The fraction of sp³-hybridized carbons (Fsp3) is 0.364. The van der Waals surface area contributed by atoms with Crippen LogP contribution in [-0.4, -0.2) is 33.3 Å². The Morgan fingerprint density at radius 3 is 2.69 bits per heavy atom. The molecule has 0 saturated heterocycles. The lowest BCUT2D eigenvalue weighted by Gasteiger charge is -2.11. The summed E-state index contributed by atoms with van der Waals surface area (Å²) in [6, 6.07) is 5.65. The molecule has 0 radical (unpaired) electrons. The zero-order valence-corrected chi connectivity index (χ0v) is 9.41. The topological polar surface area (TPSA) is 54.9 Å². The lowest BCUT2D eigenvalue weighted by Crippen LogP contribution is -2.26. The van der Waals surface area contributed by atoms with Crippen molar-refractivity contribution in [2.24, 2.45) is 4.99 Å². The minimum atomic E-state index is 0.700. The molecule has 86 valence electrons. The Labute approximate surface area is 94.5 Å². The molecule has 5 nitrogen and oxygen atoms in total. The number of ether oxygens (including phenoxy) is 2. The molecular weight excluding hydrogens is 206 g/mol. The lowest BCUT2D eigenvalue weighted by atomic mass is 10.3. The summed E-state index contributed by atoms with van der Waals surface area (Å²) in [6.45, 7) is 1.70. The smallest absolute Gasteiger partial charge is 0.195 e. The normalized spacial score (nSPS) is 14.0. The van der Waals surface area contributed by atoms with E-state index < -0.39 is 0 Å². The van der Waals surface area contributed by atoms with Crippen LogP contribution in [0.25, 0.3) is 0 Å². The van der Waals surface area contributed by atoms with Crippen LogP contribution in [0, 0.1) is 0 Å². The molecule has 1 aromatic carbocycles. The van der Waals surface area contributed by atoms with Crippen LogP contribution < -0.4 is 20.1 Å². The number of benzene rings is 1. The first kappa shape index (κ1) is 10.6. The van der Waals surface area contributed by atoms with Gasteiger partial charge in [0.05, 0.1) is 20.8 Å². The number of hydrogen-bond donors (Lipinski definition) is 2. The van der Waals surface area contributed by atoms with Crippen molar-refractivity contribution in [2.75, 3.05) is 32.6 Å². The molecule has 0 aromatic heterocycles. The zero-order chi connectivity index (χ0) is 11.4. The van der Waals surface area contributed by atoms with Crippen LogP contribution >= 0.6 is 0 Å². The first-order valence-electron chi connectivity index (χ1n) is 5.11. The molecule has 1 aliphatic heterocycles. The second-order valence-corrected chi connectivity index (χ2v) is 3.35. The van der Waals surface area contributed by atoms with Gasteiger partial charge in [0.25, 0.3) is 0 Å². The standard InChI is InChI=1S/C11H15N3O2/c1-15-9-4-3-8(7-10(9)16-2)14-11-12-5-6-13-11/h3-4,7H,5-6H2,1-2H3,(H2,12,13,14). The second-order valence-electron chi connectivity index (χ2n) is 3.35. The van der Waals surface area contributed by atoms with E-state index in [-0.39, 0.29) is 0 Å². The summed E-state index contributed by atoms with van der Waals surface area (Å²) in [5, 5.41) is 6.31. The molecule has 5 heteroatoms. The average Bonchev–Trinajstić information content (AvgIpc) is 2.81. The summed E-state index contributed by atoms with van der Waals surface area (Å²) in [5.41, 5.74) is 0.922. The Morgan fingerprint density at radius 1 is 1.25 bits per heavy atom. The lowest BCUT2D eigenvalue weighted by molar-refractivity contribution is 0.355. The molecule has 0 unspecified atom stereocenters. The predicted molar refractivity (Wildman–Crippen MR) is 63.5 cm³/mol. The molecule has 0 atom stereocenters. The first-order chi connectivity index (χ1) is 7.83. The molecule has 1 aliphatic rings. The summed E-state index contributed by atoms with van der Waals surface area (Å²) in [7, 11) is 3.24. The summed E-state index contributed by atoms with van der Waals surface area (Å²) < 4.78 is 10.4. The van der Waals surface area contributed by atoms with E-state index in [2.05, 4.69) is 15.6 Å². The largest absolute Gasteiger partial charge is 0.493 e. The summed E-state index contributed by atoms with van der Waals surface area (Å²) >= 11 is 0. The number of anilines is 1. The van der Waals surface area contributed by atoms with Gasteiger partial charge >= 0.3 is 0 Å². The Balaban J connectivity index is 2.15. The number of guanidine groups is 1. The molecule has 0 spiro atoms. The van der Waals surface area contributed by atoms with Gasteiger partial charge in [-0.1, -0.05) is 0 Å². The monoisotopic (exact) mass is 221 g/mol. The molecule has 1 heterocycles. The van der Waals surface area contributed by atoms with Crippen molar-refractivity contribution in [2.45, 2.75) is 0 Å². The van der Waals surface area contributed by atoms with Crippen molar-refractivity contribution in [1.29, 1.82) is 0 Å². The highest BCUT2D eigenvalue weighted by atomic mass is 16.5. The summed E-state index contributed by atoms with van der Waals surface area (Å²) in [5.74, 6) is 2.22. The maximum absolute atomic E-state index is 5.22. The third kappa shape index (κ3) is 2.18. The Morgan fingerprint density at radius 2 is 2.06 bits per heavy atom. The van der Waals surface area contributed by atoms with Crippen LogP contribution in [0.3, 0.4) is 0 Å². The third-order valence-electron chi connectivity index (χ3n) is 2.32. The SMILES string of the molecule is COc1ccc(NC2=NCCN2)cc1OC. The molecular formula is C11H15N3O2. The van der Waals surface area contributed by atoms with Crippen LogP contribution in [-0.2, 0) is 0 Å². The molecule has 0 saturated carbocycles. The summed E-state index contributed by atoms with van der Waals surface area (Å²) in [6.07, 6.45) is 0. The van der Waals surface area contributed by atoms with Gasteiger partial charge in [-0.05, 0) is 12.1 Å². The maximum Gasteiger partial charge on any atom is 0.195 e. The van der Waals surface area contributed by atoms with Crippen LogP contribution in [0.15, 0.2) is 23.2 Å². The number of nitrogens with one attached hydrogen (secondary N) is 2. The third-order valence-corrected chi connectivity index (χ3v) is 2.32. The molecule has 0 amide bonds. The van der Waals surface area contributed by atoms with Crippen molar-refractivity contribution in [1.82, 2.24) is 5.32 Å². The molecule has 0 fully saturated rings. The molecule has 2 rings (SSSR count). The predicted octanol–water partition coefficient (Wildman–Crippen LogP) is 1.07. The molecule has 16 heavy (non-hydrogen) atoms. The molecule has 0 bridgehead atoms. The van der Waals surface area contributed by atoms with E-state index in [0.717, 1.165) is 30.5 Å². The Hall–Kier alpha value is -1.91. The van der Waals surface area contributed by atoms with Crippen molar-refractivity contribution in [3.63, 3.8) is 0 Å². The first-order valence-corrected chi connectivity index (χ1v) is 5.11. The van der Waals surface area contributed by atoms with Gasteiger partial charge < -0.3 is 20.1 Å². The fourth-order valence-electron chi connectivity index (χ4n) is 1.53. The Bertz CT molecular complexity index is 404. The van der Waals surface area contributed by atoms with E-state index in [1.54, 1.807) is 14.2 Å². The van der Waals surface area contributed by atoms with Crippen molar-refractivity contribution < 1.29 is 9.47 Å². The van der Waals surface area contributed by atoms with Crippen LogP contribution in [0.4, 0.5) is 5.69 Å². The maximum atomic E-state index is 5.22. The molecule has 2 N–H and O–H groups in total. The van der Waals surface area contributed by atoms with Gasteiger partial charge in [0, 0.05) is 18.3 Å². The number of methoxy groups -OCH3 is 2. The minimum absolute atomic E-state index is 0.700. The number of rotatable bonds is 3. The molecule has 1 aromatic rings. The van der Waals surface area contributed by atoms with Crippen LogP contribution in [0.5, 0.6) is 11.5 Å². The van der Waals surface area contributed by atoms with Crippen molar-refractivity contribution in [3.8, 4) is 11.5 Å². The van der Waals surface area contributed by atoms with Crippen molar-refractivity contribution >= 4 is 11.6 Å². The van der Waals surface area contributed by atoms with Gasteiger partial charge in [0.15, 0.2) is 17.5 Å². The quantitative estimate of drug-likeness (QED) is 0.801. The number of hydrogen-bond acceptors (Lipinski definition) is 5.